The Kier molecular flexibility index (Phi) is 1.71. The molecule has 1 heterocycles. The first-order valence-electron chi connectivity index (χ1n) is 2.62. The molecule has 1 N–H and O–H groups in total. The Morgan fingerprint density at radius 1 is 1.70 bits per heavy atom. The molecule has 3 nitrogen and oxygen atoms in total. The molecule has 0 bridgehead atoms. The number of nitrogens with zero attached hydrogens (tertiary/aromatic N) is 1. The highest BCUT2D eigenvalue weighted by molar-refractivity contribution is 5.23. The monoisotopic (exact) mass is 143 g/mol. The number of ether oxygens (including phenoxy) is 1. The molecule has 0 aromatic carbocycles. The van der Waals surface area contributed by atoms with Crippen LogP contribution in [0.15, 0.2) is 12.3 Å². The van der Waals surface area contributed by atoms with E-state index in [1.807, 2.05) is 0 Å². The summed E-state index contributed by atoms with van der Waals surface area (Å²) in [5, 5.41) is 8.67. The Morgan fingerprint density at radius 3 is 2.90 bits per heavy atom. The third kappa shape index (κ3) is 1.15. The summed E-state index contributed by atoms with van der Waals surface area (Å²) in [6.45, 7) is 0. The van der Waals surface area contributed by atoms with Gasteiger partial charge in [0.1, 0.15) is 5.75 Å². The molecule has 10 heavy (non-hydrogen) atoms. The summed E-state index contributed by atoms with van der Waals surface area (Å²) in [7, 11) is 1.31. The normalized spacial score (nSPS) is 9.40. The molecule has 1 rings (SSSR count). The van der Waals surface area contributed by atoms with Crippen LogP contribution < -0.4 is 4.74 Å². The van der Waals surface area contributed by atoms with Crippen LogP contribution in [0.4, 0.5) is 4.39 Å². The smallest absolute Gasteiger partial charge is 0.250 e. The van der Waals surface area contributed by atoms with Gasteiger partial charge in [0, 0.05) is 6.07 Å². The molecule has 0 aliphatic heterocycles. The standard InChI is InChI=1S/C6H6FNO2/c1-10-6-5(7)2-4(9)3-8-6/h2-3,9H,1H3. The van der Waals surface area contributed by atoms with E-state index in [2.05, 4.69) is 9.72 Å². The molecule has 1 aromatic rings. The third-order valence-corrected chi connectivity index (χ3v) is 0.986. The third-order valence-electron chi connectivity index (χ3n) is 0.986. The van der Waals surface area contributed by atoms with Crippen LogP contribution in [0.3, 0.4) is 0 Å². The van der Waals surface area contributed by atoms with Crippen molar-refractivity contribution in [3.63, 3.8) is 0 Å². The summed E-state index contributed by atoms with van der Waals surface area (Å²) in [6.07, 6.45) is 1.11. The maximum atomic E-state index is 12.5. The van der Waals surface area contributed by atoms with E-state index in [-0.39, 0.29) is 11.6 Å². The van der Waals surface area contributed by atoms with Crippen molar-refractivity contribution >= 4 is 0 Å². The van der Waals surface area contributed by atoms with Gasteiger partial charge < -0.3 is 9.84 Å². The van der Waals surface area contributed by atoms with Gasteiger partial charge in [-0.3, -0.25) is 0 Å². The molecule has 1 aromatic heterocycles. The lowest BCUT2D eigenvalue weighted by atomic mass is 10.4. The topological polar surface area (TPSA) is 42.4 Å². The zero-order valence-electron chi connectivity index (χ0n) is 5.34. The first kappa shape index (κ1) is 6.80. The number of aromatic nitrogens is 1. The molecule has 4 heteroatoms. The number of methoxy groups -OCH3 is 1. The summed E-state index contributed by atoms with van der Waals surface area (Å²) >= 11 is 0. The molecule has 0 radical (unpaired) electrons. The van der Waals surface area contributed by atoms with Gasteiger partial charge in [-0.15, -0.1) is 0 Å². The van der Waals surface area contributed by atoms with Crippen LogP contribution in [0, 0.1) is 5.82 Å². The van der Waals surface area contributed by atoms with Crippen LogP contribution >= 0.6 is 0 Å². The first-order chi connectivity index (χ1) is 4.74. The average Bonchev–Trinajstić information content (AvgIpc) is 1.88. The van der Waals surface area contributed by atoms with Crippen LogP contribution in [0.25, 0.3) is 0 Å². The Hall–Kier alpha value is -1.32. The van der Waals surface area contributed by atoms with Gasteiger partial charge in [-0.1, -0.05) is 0 Å². The fraction of sp³-hybridized carbons (Fsp3) is 0.167. The van der Waals surface area contributed by atoms with E-state index in [9.17, 15) is 4.39 Å². The maximum Gasteiger partial charge on any atom is 0.250 e. The van der Waals surface area contributed by atoms with E-state index in [1.165, 1.54) is 7.11 Å². The lowest BCUT2D eigenvalue weighted by Gasteiger charge is -1.98. The zero-order chi connectivity index (χ0) is 7.56. The number of aromatic hydroxyl groups is 1. The lowest BCUT2D eigenvalue weighted by molar-refractivity contribution is 0.364. The van der Waals surface area contributed by atoms with Crippen molar-refractivity contribution in [1.82, 2.24) is 4.98 Å². The van der Waals surface area contributed by atoms with Crippen LogP contribution in [0.5, 0.6) is 11.6 Å². The highest BCUT2D eigenvalue weighted by Crippen LogP contribution is 2.16. The van der Waals surface area contributed by atoms with Crippen LogP contribution in [-0.4, -0.2) is 17.2 Å². The van der Waals surface area contributed by atoms with E-state index in [4.69, 9.17) is 5.11 Å². The fourth-order valence-corrected chi connectivity index (χ4v) is 0.565. The highest BCUT2D eigenvalue weighted by atomic mass is 19.1. The van der Waals surface area contributed by atoms with Crippen molar-refractivity contribution < 1.29 is 14.2 Å². The van der Waals surface area contributed by atoms with Crippen molar-refractivity contribution in [2.24, 2.45) is 0 Å². The first-order valence-corrected chi connectivity index (χ1v) is 2.62. The minimum absolute atomic E-state index is 0.113. The minimum Gasteiger partial charge on any atom is -0.506 e. The second-order valence-corrected chi connectivity index (χ2v) is 1.68. The molecule has 0 saturated heterocycles. The predicted molar refractivity (Wildman–Crippen MR) is 32.4 cm³/mol. The van der Waals surface area contributed by atoms with E-state index in [1.54, 1.807) is 0 Å². The molecule has 0 aliphatic carbocycles. The van der Waals surface area contributed by atoms with E-state index >= 15 is 0 Å². The van der Waals surface area contributed by atoms with Crippen LogP contribution in [-0.2, 0) is 0 Å². The van der Waals surface area contributed by atoms with Crippen molar-refractivity contribution in [3.8, 4) is 11.6 Å². The molecule has 54 valence electrons. The molecule has 0 aliphatic rings. The van der Waals surface area contributed by atoms with Gasteiger partial charge in [0.2, 0.25) is 5.88 Å². The molecular formula is C6H6FNO2. The zero-order valence-corrected chi connectivity index (χ0v) is 5.34. The van der Waals surface area contributed by atoms with Gasteiger partial charge in [-0.05, 0) is 0 Å². The number of hydrogen-bond acceptors (Lipinski definition) is 3. The van der Waals surface area contributed by atoms with Gasteiger partial charge in [-0.25, -0.2) is 9.37 Å². The Labute approximate surface area is 57.1 Å². The van der Waals surface area contributed by atoms with Crippen LogP contribution in [0.1, 0.15) is 0 Å². The van der Waals surface area contributed by atoms with Gasteiger partial charge in [0.05, 0.1) is 13.3 Å². The predicted octanol–water partition coefficient (Wildman–Crippen LogP) is 0.935. The highest BCUT2D eigenvalue weighted by Gasteiger charge is 2.02. The second kappa shape index (κ2) is 2.51. The fourth-order valence-electron chi connectivity index (χ4n) is 0.565. The van der Waals surface area contributed by atoms with Gasteiger partial charge in [0.15, 0.2) is 5.82 Å². The molecular weight excluding hydrogens is 137 g/mol. The second-order valence-electron chi connectivity index (χ2n) is 1.68. The Balaban J connectivity index is 3.07. The average molecular weight is 143 g/mol. The molecule has 0 fully saturated rings. The van der Waals surface area contributed by atoms with Crippen molar-refractivity contribution in [1.29, 1.82) is 0 Å². The summed E-state index contributed by atoms with van der Waals surface area (Å²) in [6, 6.07) is 0.936. The molecule has 0 amide bonds. The molecule has 0 unspecified atom stereocenters. The number of halogens is 1. The van der Waals surface area contributed by atoms with Crippen molar-refractivity contribution in [3.05, 3.63) is 18.1 Å². The minimum atomic E-state index is -0.664. The van der Waals surface area contributed by atoms with Gasteiger partial charge in [0.25, 0.3) is 0 Å². The van der Waals surface area contributed by atoms with E-state index in [0.29, 0.717) is 0 Å². The van der Waals surface area contributed by atoms with Crippen molar-refractivity contribution in [2.45, 2.75) is 0 Å². The van der Waals surface area contributed by atoms with E-state index in [0.717, 1.165) is 12.3 Å². The van der Waals surface area contributed by atoms with Gasteiger partial charge in [-0.2, -0.15) is 0 Å². The Bertz CT molecular complexity index is 239. The maximum absolute atomic E-state index is 12.5. The number of rotatable bonds is 1. The Morgan fingerprint density at radius 2 is 2.40 bits per heavy atom. The quantitative estimate of drug-likeness (QED) is 0.636. The number of hydrogen-bond donors (Lipinski definition) is 1. The summed E-state index contributed by atoms with van der Waals surface area (Å²) in [5.74, 6) is -0.987. The van der Waals surface area contributed by atoms with E-state index < -0.39 is 5.82 Å². The van der Waals surface area contributed by atoms with Crippen molar-refractivity contribution in [2.75, 3.05) is 7.11 Å². The molecule has 0 atom stereocenters. The molecule has 0 spiro atoms. The summed E-state index contributed by atoms with van der Waals surface area (Å²) < 4.78 is 17.0. The summed E-state index contributed by atoms with van der Waals surface area (Å²) in [4.78, 5) is 3.45. The largest absolute Gasteiger partial charge is 0.506 e. The van der Waals surface area contributed by atoms with Gasteiger partial charge >= 0.3 is 0 Å². The number of pyridine rings is 1. The van der Waals surface area contributed by atoms with Crippen LogP contribution in [0.2, 0.25) is 0 Å². The SMILES string of the molecule is COc1ncc(O)cc1F. The summed E-state index contributed by atoms with van der Waals surface area (Å²) in [5.41, 5.74) is 0. The molecule has 0 saturated carbocycles. The lowest BCUT2D eigenvalue weighted by Crippen LogP contribution is -1.90.